The number of rotatable bonds is 4. The third-order valence-corrected chi connectivity index (χ3v) is 5.84. The zero-order chi connectivity index (χ0) is 15.6. The second-order valence-corrected chi connectivity index (χ2v) is 7.46. The third kappa shape index (κ3) is 3.59. The van der Waals surface area contributed by atoms with Crippen LogP contribution in [0, 0.1) is 22.0 Å². The number of nitrogens with zero attached hydrogens (tertiary/aromatic N) is 1. The summed E-state index contributed by atoms with van der Waals surface area (Å²) in [6.45, 7) is 4.17. The van der Waals surface area contributed by atoms with E-state index in [0.29, 0.717) is 5.92 Å². The maximum atomic E-state index is 12.4. The minimum atomic E-state index is -3.73. The van der Waals surface area contributed by atoms with Crippen molar-refractivity contribution in [2.24, 2.45) is 11.8 Å². The first-order valence-electron chi connectivity index (χ1n) is 7.08. The summed E-state index contributed by atoms with van der Waals surface area (Å²) in [5.74, 6) is 0.726. The summed E-state index contributed by atoms with van der Waals surface area (Å²) < 4.78 is 27.5. The second kappa shape index (κ2) is 6.11. The monoisotopic (exact) mass is 312 g/mol. The predicted octanol–water partition coefficient (Wildman–Crippen LogP) is 2.70. The van der Waals surface area contributed by atoms with E-state index in [9.17, 15) is 18.5 Å². The van der Waals surface area contributed by atoms with E-state index in [1.54, 1.807) is 0 Å². The molecule has 21 heavy (non-hydrogen) atoms. The van der Waals surface area contributed by atoms with Crippen LogP contribution in [-0.4, -0.2) is 19.4 Å². The molecule has 7 heteroatoms. The number of nitro groups is 1. The van der Waals surface area contributed by atoms with Gasteiger partial charge in [-0.3, -0.25) is 10.1 Å². The number of non-ortho nitro benzene ring substituents is 1. The van der Waals surface area contributed by atoms with E-state index >= 15 is 0 Å². The standard InChI is InChI=1S/C14H20N2O4S/c1-10-5-3-8-14(11(10)2)15-21(19,20)13-7-4-6-12(9-13)16(17)18/h4,6-7,9-11,14-15H,3,5,8H2,1-2H3. The molecule has 1 fully saturated rings. The maximum Gasteiger partial charge on any atom is 0.270 e. The van der Waals surface area contributed by atoms with Crippen LogP contribution in [0.5, 0.6) is 0 Å². The quantitative estimate of drug-likeness (QED) is 0.683. The fraction of sp³-hybridized carbons (Fsp3) is 0.571. The summed E-state index contributed by atoms with van der Waals surface area (Å²) in [4.78, 5) is 10.1. The summed E-state index contributed by atoms with van der Waals surface area (Å²) in [5, 5.41) is 10.8. The topological polar surface area (TPSA) is 89.3 Å². The molecule has 1 N–H and O–H groups in total. The summed E-state index contributed by atoms with van der Waals surface area (Å²) in [6.07, 6.45) is 2.91. The van der Waals surface area contributed by atoms with Crippen molar-refractivity contribution < 1.29 is 13.3 Å². The SMILES string of the molecule is CC1CCCC(NS(=O)(=O)c2cccc([N+](=O)[O-])c2)C1C. The Balaban J connectivity index is 2.22. The van der Waals surface area contributed by atoms with Crippen LogP contribution in [0.4, 0.5) is 5.69 Å². The van der Waals surface area contributed by atoms with Crippen molar-refractivity contribution in [3.63, 3.8) is 0 Å². The highest BCUT2D eigenvalue weighted by Gasteiger charge is 2.31. The molecule has 0 spiro atoms. The molecule has 0 amide bonds. The number of sulfonamides is 1. The van der Waals surface area contributed by atoms with Crippen LogP contribution in [0.2, 0.25) is 0 Å². The van der Waals surface area contributed by atoms with Gasteiger partial charge in [0.15, 0.2) is 0 Å². The average molecular weight is 312 g/mol. The van der Waals surface area contributed by atoms with Gasteiger partial charge in [0.1, 0.15) is 0 Å². The van der Waals surface area contributed by atoms with Gasteiger partial charge in [-0.15, -0.1) is 0 Å². The van der Waals surface area contributed by atoms with Crippen molar-refractivity contribution in [1.29, 1.82) is 0 Å². The number of nitro benzene ring substituents is 1. The largest absolute Gasteiger partial charge is 0.270 e. The first-order chi connectivity index (χ1) is 9.81. The zero-order valence-electron chi connectivity index (χ0n) is 12.2. The molecule has 1 aliphatic rings. The fourth-order valence-electron chi connectivity index (χ4n) is 2.78. The Hall–Kier alpha value is -1.47. The Labute approximate surface area is 124 Å². The van der Waals surface area contributed by atoms with Gasteiger partial charge in [0, 0.05) is 18.2 Å². The molecular formula is C14H20N2O4S. The molecule has 116 valence electrons. The van der Waals surface area contributed by atoms with Gasteiger partial charge >= 0.3 is 0 Å². The van der Waals surface area contributed by atoms with Gasteiger partial charge in [0.2, 0.25) is 10.0 Å². The van der Waals surface area contributed by atoms with Crippen LogP contribution in [0.25, 0.3) is 0 Å². The second-order valence-electron chi connectivity index (χ2n) is 5.75. The molecule has 1 aromatic rings. The van der Waals surface area contributed by atoms with Crippen molar-refractivity contribution in [3.05, 3.63) is 34.4 Å². The third-order valence-electron chi connectivity index (χ3n) is 4.35. The van der Waals surface area contributed by atoms with Gasteiger partial charge < -0.3 is 0 Å². The van der Waals surface area contributed by atoms with Crippen LogP contribution in [0.3, 0.4) is 0 Å². The van der Waals surface area contributed by atoms with Crippen molar-refractivity contribution in [2.45, 2.75) is 44.0 Å². The number of nitrogens with one attached hydrogen (secondary N) is 1. The van der Waals surface area contributed by atoms with Gasteiger partial charge in [0.05, 0.1) is 9.82 Å². The Morgan fingerprint density at radius 1 is 1.29 bits per heavy atom. The smallest absolute Gasteiger partial charge is 0.258 e. The van der Waals surface area contributed by atoms with E-state index in [2.05, 4.69) is 11.6 Å². The molecule has 3 unspecified atom stereocenters. The van der Waals surface area contributed by atoms with E-state index in [1.165, 1.54) is 18.2 Å². The molecule has 1 aromatic carbocycles. The predicted molar refractivity (Wildman–Crippen MR) is 79.4 cm³/mol. The summed E-state index contributed by atoms with van der Waals surface area (Å²) in [7, 11) is -3.73. The highest BCUT2D eigenvalue weighted by atomic mass is 32.2. The molecule has 6 nitrogen and oxygen atoms in total. The molecule has 2 rings (SSSR count). The molecule has 1 saturated carbocycles. The van der Waals surface area contributed by atoms with Crippen LogP contribution < -0.4 is 4.72 Å². The first kappa shape index (κ1) is 15.9. The Morgan fingerprint density at radius 2 is 2.00 bits per heavy atom. The zero-order valence-corrected chi connectivity index (χ0v) is 13.0. The molecule has 1 aliphatic carbocycles. The average Bonchev–Trinajstić information content (AvgIpc) is 2.44. The normalized spacial score (nSPS) is 26.5. The summed E-state index contributed by atoms with van der Waals surface area (Å²) >= 11 is 0. The van der Waals surface area contributed by atoms with Crippen LogP contribution in [0.15, 0.2) is 29.2 Å². The molecular weight excluding hydrogens is 292 g/mol. The summed E-state index contributed by atoms with van der Waals surface area (Å²) in [6, 6.07) is 5.04. The summed E-state index contributed by atoms with van der Waals surface area (Å²) in [5.41, 5.74) is -0.220. The molecule has 0 radical (unpaired) electrons. The fourth-order valence-corrected chi connectivity index (χ4v) is 4.18. The minimum absolute atomic E-state index is 0.0536. The van der Waals surface area contributed by atoms with Crippen molar-refractivity contribution in [3.8, 4) is 0 Å². The highest BCUT2D eigenvalue weighted by molar-refractivity contribution is 7.89. The van der Waals surface area contributed by atoms with E-state index in [-0.39, 0.29) is 22.5 Å². The number of benzene rings is 1. The minimum Gasteiger partial charge on any atom is -0.258 e. The van der Waals surface area contributed by atoms with Gasteiger partial charge in [-0.1, -0.05) is 32.8 Å². The number of hydrogen-bond acceptors (Lipinski definition) is 4. The Morgan fingerprint density at radius 3 is 2.67 bits per heavy atom. The van der Waals surface area contributed by atoms with E-state index in [0.717, 1.165) is 25.3 Å². The Kier molecular flexibility index (Phi) is 4.63. The molecule has 0 bridgehead atoms. The molecule has 0 heterocycles. The molecule has 0 aliphatic heterocycles. The lowest BCUT2D eigenvalue weighted by Crippen LogP contribution is -2.43. The van der Waals surface area contributed by atoms with E-state index < -0.39 is 14.9 Å². The lowest BCUT2D eigenvalue weighted by atomic mass is 9.78. The molecule has 0 saturated heterocycles. The van der Waals surface area contributed by atoms with Crippen molar-refractivity contribution in [1.82, 2.24) is 4.72 Å². The van der Waals surface area contributed by atoms with Gasteiger partial charge in [-0.25, -0.2) is 13.1 Å². The van der Waals surface area contributed by atoms with Gasteiger partial charge in [0.25, 0.3) is 5.69 Å². The van der Waals surface area contributed by atoms with Gasteiger partial charge in [-0.05, 0) is 24.3 Å². The highest BCUT2D eigenvalue weighted by Crippen LogP contribution is 2.30. The lowest BCUT2D eigenvalue weighted by molar-refractivity contribution is -0.385. The lowest BCUT2D eigenvalue weighted by Gasteiger charge is -2.34. The Bertz CT molecular complexity index is 630. The maximum absolute atomic E-state index is 12.4. The van der Waals surface area contributed by atoms with Crippen molar-refractivity contribution >= 4 is 15.7 Å². The first-order valence-corrected chi connectivity index (χ1v) is 8.56. The van der Waals surface area contributed by atoms with Crippen LogP contribution in [-0.2, 0) is 10.0 Å². The molecule has 3 atom stereocenters. The van der Waals surface area contributed by atoms with E-state index in [1.807, 2.05) is 6.92 Å². The molecule has 0 aromatic heterocycles. The number of hydrogen-bond donors (Lipinski definition) is 1. The van der Waals surface area contributed by atoms with E-state index in [4.69, 9.17) is 0 Å². The van der Waals surface area contributed by atoms with Gasteiger partial charge in [-0.2, -0.15) is 0 Å². The van der Waals surface area contributed by atoms with Crippen LogP contribution >= 0.6 is 0 Å². The van der Waals surface area contributed by atoms with Crippen LogP contribution in [0.1, 0.15) is 33.1 Å². The van der Waals surface area contributed by atoms with Crippen molar-refractivity contribution in [2.75, 3.05) is 0 Å².